The minimum atomic E-state index is -0.493. The van der Waals surface area contributed by atoms with Gasteiger partial charge in [0.1, 0.15) is 18.2 Å². The molecule has 0 aliphatic rings. The van der Waals surface area contributed by atoms with Crippen molar-refractivity contribution in [3.05, 3.63) is 34.2 Å². The Balaban J connectivity index is 2.87. The molecule has 0 amide bonds. The molecule has 0 spiro atoms. The average molecular weight is 220 g/mol. The van der Waals surface area contributed by atoms with E-state index in [4.69, 9.17) is 10.00 Å². The van der Waals surface area contributed by atoms with Crippen LogP contribution in [0.25, 0.3) is 0 Å². The summed E-state index contributed by atoms with van der Waals surface area (Å²) >= 11 is 0. The number of aromatic nitrogens is 1. The largest absolute Gasteiger partial charge is 0.462 e. The molecule has 0 N–H and O–H groups in total. The molecule has 1 aromatic rings. The number of carbonyl (C=O) groups excluding carboxylic acids is 1. The van der Waals surface area contributed by atoms with Gasteiger partial charge < -0.3 is 9.30 Å². The van der Waals surface area contributed by atoms with E-state index in [9.17, 15) is 9.59 Å². The van der Waals surface area contributed by atoms with Crippen LogP contribution in [0.15, 0.2) is 23.1 Å². The van der Waals surface area contributed by atoms with E-state index in [0.29, 0.717) is 0 Å². The average Bonchev–Trinajstić information content (AvgIpc) is 2.20. The Bertz CT molecular complexity index is 483. The van der Waals surface area contributed by atoms with Crippen LogP contribution in [0.2, 0.25) is 0 Å². The molecule has 0 bridgehead atoms. The van der Waals surface area contributed by atoms with Crippen molar-refractivity contribution in [1.82, 2.24) is 4.57 Å². The lowest BCUT2D eigenvalue weighted by molar-refractivity contribution is -0.148. The van der Waals surface area contributed by atoms with Gasteiger partial charge in [0.25, 0.3) is 5.56 Å². The van der Waals surface area contributed by atoms with E-state index < -0.39 is 11.5 Å². The SMILES string of the molecule is CC(C)OC(=O)Cn1cccc(C#N)c1=O. The minimum absolute atomic E-state index is 0.0137. The van der Waals surface area contributed by atoms with Crippen LogP contribution < -0.4 is 5.56 Å². The smallest absolute Gasteiger partial charge is 0.326 e. The summed E-state index contributed by atoms with van der Waals surface area (Å²) in [5, 5.41) is 8.64. The summed E-state index contributed by atoms with van der Waals surface area (Å²) in [5.74, 6) is -0.493. The lowest BCUT2D eigenvalue weighted by Gasteiger charge is -2.09. The van der Waals surface area contributed by atoms with Gasteiger partial charge in [0, 0.05) is 6.20 Å². The molecule has 0 aromatic carbocycles. The fourth-order valence-corrected chi connectivity index (χ4v) is 1.19. The van der Waals surface area contributed by atoms with Gasteiger partial charge in [-0.05, 0) is 26.0 Å². The van der Waals surface area contributed by atoms with Crippen LogP contribution in [-0.2, 0) is 16.1 Å². The number of rotatable bonds is 3. The minimum Gasteiger partial charge on any atom is -0.462 e. The molecule has 5 heteroatoms. The number of hydrogen-bond acceptors (Lipinski definition) is 4. The van der Waals surface area contributed by atoms with E-state index in [-0.39, 0.29) is 18.2 Å². The highest BCUT2D eigenvalue weighted by molar-refractivity contribution is 5.69. The van der Waals surface area contributed by atoms with Crippen molar-refractivity contribution in [2.45, 2.75) is 26.5 Å². The van der Waals surface area contributed by atoms with Crippen LogP contribution >= 0.6 is 0 Å². The van der Waals surface area contributed by atoms with Crippen LogP contribution in [0, 0.1) is 11.3 Å². The molecular weight excluding hydrogens is 208 g/mol. The highest BCUT2D eigenvalue weighted by Gasteiger charge is 2.09. The third-order valence-electron chi connectivity index (χ3n) is 1.81. The van der Waals surface area contributed by atoms with Gasteiger partial charge in [0.05, 0.1) is 6.10 Å². The molecular formula is C11H12N2O3. The summed E-state index contributed by atoms with van der Waals surface area (Å²) < 4.78 is 6.06. The predicted octanol–water partition coefficient (Wildman–Crippen LogP) is 0.672. The van der Waals surface area contributed by atoms with Crippen LogP contribution in [0.4, 0.5) is 0 Å². The summed E-state index contributed by atoms with van der Waals surface area (Å²) in [4.78, 5) is 22.9. The molecule has 1 heterocycles. The second-order valence-electron chi connectivity index (χ2n) is 3.51. The number of nitrogens with zero attached hydrogens (tertiary/aromatic N) is 2. The van der Waals surface area contributed by atoms with Crippen molar-refractivity contribution in [2.75, 3.05) is 0 Å². The molecule has 0 aliphatic carbocycles. The number of nitriles is 1. The Labute approximate surface area is 92.9 Å². The van der Waals surface area contributed by atoms with Crippen molar-refractivity contribution in [3.63, 3.8) is 0 Å². The van der Waals surface area contributed by atoms with Crippen molar-refractivity contribution in [2.24, 2.45) is 0 Å². The number of esters is 1. The standard InChI is InChI=1S/C11H12N2O3/c1-8(2)16-10(14)7-13-5-3-4-9(6-12)11(13)15/h3-5,8H,7H2,1-2H3. The number of hydrogen-bond donors (Lipinski definition) is 0. The second kappa shape index (κ2) is 5.12. The highest BCUT2D eigenvalue weighted by atomic mass is 16.5. The van der Waals surface area contributed by atoms with Gasteiger partial charge in [-0.2, -0.15) is 5.26 Å². The Morgan fingerprint density at radius 1 is 1.62 bits per heavy atom. The molecule has 0 saturated heterocycles. The molecule has 0 fully saturated rings. The van der Waals surface area contributed by atoms with E-state index in [1.807, 2.05) is 0 Å². The predicted molar refractivity (Wildman–Crippen MR) is 56.6 cm³/mol. The van der Waals surface area contributed by atoms with Crippen molar-refractivity contribution in [1.29, 1.82) is 5.26 Å². The molecule has 1 aromatic heterocycles. The quantitative estimate of drug-likeness (QED) is 0.702. The number of ether oxygens (including phenoxy) is 1. The number of carbonyl (C=O) groups is 1. The summed E-state index contributed by atoms with van der Waals surface area (Å²) in [6.07, 6.45) is 1.23. The van der Waals surface area contributed by atoms with Gasteiger partial charge in [0.15, 0.2) is 0 Å². The second-order valence-corrected chi connectivity index (χ2v) is 3.51. The fraction of sp³-hybridized carbons (Fsp3) is 0.364. The number of pyridine rings is 1. The Kier molecular flexibility index (Phi) is 3.84. The van der Waals surface area contributed by atoms with Gasteiger partial charge in [0.2, 0.25) is 0 Å². The Morgan fingerprint density at radius 3 is 2.88 bits per heavy atom. The van der Waals surface area contributed by atoms with Crippen LogP contribution in [0.5, 0.6) is 0 Å². The molecule has 84 valence electrons. The van der Waals surface area contributed by atoms with Crippen molar-refractivity contribution >= 4 is 5.97 Å². The first kappa shape index (κ1) is 12.0. The van der Waals surface area contributed by atoms with Gasteiger partial charge in [-0.15, -0.1) is 0 Å². The zero-order valence-electron chi connectivity index (χ0n) is 9.14. The third-order valence-corrected chi connectivity index (χ3v) is 1.81. The third kappa shape index (κ3) is 2.95. The zero-order chi connectivity index (χ0) is 12.1. The monoisotopic (exact) mass is 220 g/mol. The summed E-state index contributed by atoms with van der Waals surface area (Å²) in [6.45, 7) is 3.28. The van der Waals surface area contributed by atoms with Gasteiger partial charge in [-0.1, -0.05) is 0 Å². The highest BCUT2D eigenvalue weighted by Crippen LogP contribution is 1.94. The topological polar surface area (TPSA) is 72.1 Å². The van der Waals surface area contributed by atoms with E-state index >= 15 is 0 Å². The van der Waals surface area contributed by atoms with E-state index in [1.54, 1.807) is 26.0 Å². The first-order valence-corrected chi connectivity index (χ1v) is 4.83. The maximum absolute atomic E-state index is 11.6. The summed E-state index contributed by atoms with van der Waals surface area (Å²) in [6, 6.07) is 4.72. The maximum Gasteiger partial charge on any atom is 0.326 e. The van der Waals surface area contributed by atoms with Gasteiger partial charge >= 0.3 is 5.97 Å². The Hall–Kier alpha value is -2.09. The molecule has 5 nitrogen and oxygen atoms in total. The van der Waals surface area contributed by atoms with E-state index in [1.165, 1.54) is 12.3 Å². The molecule has 0 aliphatic heterocycles. The van der Waals surface area contributed by atoms with Gasteiger partial charge in [-0.3, -0.25) is 9.59 Å². The normalized spacial score (nSPS) is 9.88. The Morgan fingerprint density at radius 2 is 2.31 bits per heavy atom. The fourth-order valence-electron chi connectivity index (χ4n) is 1.19. The summed E-state index contributed by atoms with van der Waals surface area (Å²) in [7, 11) is 0. The maximum atomic E-state index is 11.6. The zero-order valence-corrected chi connectivity index (χ0v) is 9.14. The van der Waals surface area contributed by atoms with Crippen LogP contribution in [0.1, 0.15) is 19.4 Å². The first-order chi connectivity index (χ1) is 7.54. The molecule has 1 rings (SSSR count). The van der Waals surface area contributed by atoms with Crippen molar-refractivity contribution < 1.29 is 9.53 Å². The van der Waals surface area contributed by atoms with Crippen LogP contribution in [0.3, 0.4) is 0 Å². The first-order valence-electron chi connectivity index (χ1n) is 4.83. The van der Waals surface area contributed by atoms with Crippen LogP contribution in [-0.4, -0.2) is 16.6 Å². The molecule has 0 saturated carbocycles. The van der Waals surface area contributed by atoms with E-state index in [0.717, 1.165) is 4.57 Å². The molecule has 0 radical (unpaired) electrons. The summed E-state index contributed by atoms with van der Waals surface area (Å²) in [5.41, 5.74) is -0.467. The van der Waals surface area contributed by atoms with Gasteiger partial charge in [-0.25, -0.2) is 0 Å². The molecule has 16 heavy (non-hydrogen) atoms. The van der Waals surface area contributed by atoms with E-state index in [2.05, 4.69) is 0 Å². The molecule has 0 unspecified atom stereocenters. The lowest BCUT2D eigenvalue weighted by atomic mass is 10.3. The lowest BCUT2D eigenvalue weighted by Crippen LogP contribution is -2.27. The van der Waals surface area contributed by atoms with Crippen molar-refractivity contribution in [3.8, 4) is 6.07 Å². The molecule has 0 atom stereocenters.